The standard InChI is InChI=1S/C14H17Cl2N3O3/c1-2-22-14(21)19-8-6-18(7-9-19)13(20)17-11-5-3-4-10(15)12(11)16/h3-5H,2,6-9H2,1H3,(H,17,20). The summed E-state index contributed by atoms with van der Waals surface area (Å²) in [6.45, 7) is 3.85. The van der Waals surface area contributed by atoms with E-state index in [1.54, 1.807) is 34.9 Å². The van der Waals surface area contributed by atoms with Crippen LogP contribution in [0.4, 0.5) is 15.3 Å². The van der Waals surface area contributed by atoms with Gasteiger partial charge in [0.05, 0.1) is 22.3 Å². The summed E-state index contributed by atoms with van der Waals surface area (Å²) in [5.41, 5.74) is 0.465. The molecule has 8 heteroatoms. The molecule has 1 aliphatic rings. The van der Waals surface area contributed by atoms with Crippen molar-refractivity contribution in [1.82, 2.24) is 9.80 Å². The Hall–Kier alpha value is -1.66. The van der Waals surface area contributed by atoms with Gasteiger partial charge in [0.1, 0.15) is 0 Å². The van der Waals surface area contributed by atoms with E-state index >= 15 is 0 Å². The van der Waals surface area contributed by atoms with E-state index in [0.29, 0.717) is 48.5 Å². The van der Waals surface area contributed by atoms with Gasteiger partial charge in [-0.3, -0.25) is 0 Å². The third kappa shape index (κ3) is 3.96. The number of nitrogens with zero attached hydrogens (tertiary/aromatic N) is 2. The van der Waals surface area contributed by atoms with Crippen molar-refractivity contribution in [3.8, 4) is 0 Å². The van der Waals surface area contributed by atoms with E-state index in [1.165, 1.54) is 0 Å². The second-order valence-electron chi connectivity index (χ2n) is 4.70. The van der Waals surface area contributed by atoms with Crippen LogP contribution >= 0.6 is 23.2 Å². The molecule has 0 unspecified atom stereocenters. The fraction of sp³-hybridized carbons (Fsp3) is 0.429. The molecule has 120 valence electrons. The molecule has 0 spiro atoms. The zero-order valence-electron chi connectivity index (χ0n) is 12.1. The Labute approximate surface area is 138 Å². The summed E-state index contributed by atoms with van der Waals surface area (Å²) in [4.78, 5) is 27.0. The van der Waals surface area contributed by atoms with E-state index in [1.807, 2.05) is 0 Å². The molecule has 1 fully saturated rings. The number of hydrogen-bond donors (Lipinski definition) is 1. The second kappa shape index (κ2) is 7.56. The van der Waals surface area contributed by atoms with Gasteiger partial charge in [0, 0.05) is 26.2 Å². The van der Waals surface area contributed by atoms with Gasteiger partial charge in [-0.2, -0.15) is 0 Å². The van der Waals surface area contributed by atoms with Gasteiger partial charge in [-0.15, -0.1) is 0 Å². The SMILES string of the molecule is CCOC(=O)N1CCN(C(=O)Nc2cccc(Cl)c2Cl)CC1. The van der Waals surface area contributed by atoms with Gasteiger partial charge in [-0.1, -0.05) is 29.3 Å². The molecule has 2 rings (SSSR count). The Kier molecular flexibility index (Phi) is 5.74. The van der Waals surface area contributed by atoms with Gasteiger partial charge in [0.2, 0.25) is 0 Å². The fourth-order valence-electron chi connectivity index (χ4n) is 2.10. The highest BCUT2D eigenvalue weighted by Gasteiger charge is 2.25. The van der Waals surface area contributed by atoms with Crippen molar-refractivity contribution in [1.29, 1.82) is 0 Å². The van der Waals surface area contributed by atoms with Crippen LogP contribution in [-0.2, 0) is 4.74 Å². The molecule has 1 heterocycles. The lowest BCUT2D eigenvalue weighted by molar-refractivity contribution is 0.0868. The van der Waals surface area contributed by atoms with Gasteiger partial charge in [-0.05, 0) is 19.1 Å². The molecule has 1 aromatic rings. The topological polar surface area (TPSA) is 61.9 Å². The Balaban J connectivity index is 1.90. The van der Waals surface area contributed by atoms with Gasteiger partial charge < -0.3 is 19.9 Å². The molecular weight excluding hydrogens is 329 g/mol. The number of amides is 3. The van der Waals surface area contributed by atoms with Crippen LogP contribution < -0.4 is 5.32 Å². The number of nitrogens with one attached hydrogen (secondary N) is 1. The summed E-state index contributed by atoms with van der Waals surface area (Å²) in [5, 5.41) is 3.42. The van der Waals surface area contributed by atoms with Gasteiger partial charge in [-0.25, -0.2) is 9.59 Å². The van der Waals surface area contributed by atoms with E-state index in [0.717, 1.165) is 0 Å². The maximum absolute atomic E-state index is 12.2. The fourth-order valence-corrected chi connectivity index (χ4v) is 2.45. The molecule has 1 aliphatic heterocycles. The highest BCUT2D eigenvalue weighted by molar-refractivity contribution is 6.43. The average Bonchev–Trinajstić information content (AvgIpc) is 2.52. The van der Waals surface area contributed by atoms with Crippen molar-refractivity contribution < 1.29 is 14.3 Å². The normalized spacial score (nSPS) is 14.7. The van der Waals surface area contributed by atoms with Crippen LogP contribution in [0.2, 0.25) is 10.0 Å². The predicted molar refractivity (Wildman–Crippen MR) is 85.6 cm³/mol. The van der Waals surface area contributed by atoms with Gasteiger partial charge >= 0.3 is 12.1 Å². The molecule has 1 aromatic carbocycles. The van der Waals surface area contributed by atoms with E-state index in [2.05, 4.69) is 5.32 Å². The van der Waals surface area contributed by atoms with E-state index < -0.39 is 0 Å². The predicted octanol–water partition coefficient (Wildman–Crippen LogP) is 3.30. The van der Waals surface area contributed by atoms with Crippen molar-refractivity contribution in [3.05, 3.63) is 28.2 Å². The summed E-state index contributed by atoms with van der Waals surface area (Å²) in [6.07, 6.45) is -0.347. The molecule has 0 atom stereocenters. The number of hydrogen-bond acceptors (Lipinski definition) is 3. The summed E-state index contributed by atoms with van der Waals surface area (Å²) in [7, 11) is 0. The van der Waals surface area contributed by atoms with Gasteiger partial charge in [0.25, 0.3) is 0 Å². The minimum atomic E-state index is -0.347. The second-order valence-corrected chi connectivity index (χ2v) is 5.49. The maximum Gasteiger partial charge on any atom is 0.409 e. The van der Waals surface area contributed by atoms with Crippen LogP contribution in [0.5, 0.6) is 0 Å². The van der Waals surface area contributed by atoms with Crippen molar-refractivity contribution in [3.63, 3.8) is 0 Å². The highest BCUT2D eigenvalue weighted by Crippen LogP contribution is 2.29. The van der Waals surface area contributed by atoms with E-state index in [-0.39, 0.29) is 12.1 Å². The summed E-state index contributed by atoms with van der Waals surface area (Å²) >= 11 is 12.0. The maximum atomic E-state index is 12.2. The van der Waals surface area contributed by atoms with E-state index in [4.69, 9.17) is 27.9 Å². The number of rotatable bonds is 2. The number of carbonyl (C=O) groups is 2. The van der Waals surface area contributed by atoms with Crippen LogP contribution in [0.25, 0.3) is 0 Å². The molecular formula is C14H17Cl2N3O3. The van der Waals surface area contributed by atoms with Crippen LogP contribution in [-0.4, -0.2) is 54.7 Å². The first-order chi connectivity index (χ1) is 10.5. The number of ether oxygens (including phenoxy) is 1. The highest BCUT2D eigenvalue weighted by atomic mass is 35.5. The first-order valence-corrected chi connectivity index (χ1v) is 7.70. The first kappa shape index (κ1) is 16.7. The van der Waals surface area contributed by atoms with E-state index in [9.17, 15) is 9.59 Å². The quantitative estimate of drug-likeness (QED) is 0.894. The van der Waals surface area contributed by atoms with Crippen molar-refractivity contribution in [2.45, 2.75) is 6.92 Å². The zero-order chi connectivity index (χ0) is 16.1. The molecule has 1 saturated heterocycles. The number of urea groups is 1. The molecule has 0 saturated carbocycles. The lowest BCUT2D eigenvalue weighted by Crippen LogP contribution is -2.51. The lowest BCUT2D eigenvalue weighted by atomic mass is 10.3. The zero-order valence-corrected chi connectivity index (χ0v) is 13.7. The number of anilines is 1. The Morgan fingerprint density at radius 1 is 1.18 bits per heavy atom. The Morgan fingerprint density at radius 2 is 1.82 bits per heavy atom. The minimum absolute atomic E-state index is 0.271. The average molecular weight is 346 g/mol. The monoisotopic (exact) mass is 345 g/mol. The largest absolute Gasteiger partial charge is 0.450 e. The van der Waals surface area contributed by atoms with Crippen LogP contribution in [0.1, 0.15) is 6.92 Å². The summed E-state index contributed by atoms with van der Waals surface area (Å²) in [5.74, 6) is 0. The smallest absolute Gasteiger partial charge is 0.409 e. The number of carbonyl (C=O) groups excluding carboxylic acids is 2. The van der Waals surface area contributed by atoms with Crippen molar-refractivity contribution >= 4 is 41.0 Å². The Bertz CT molecular complexity index is 560. The lowest BCUT2D eigenvalue weighted by Gasteiger charge is -2.34. The summed E-state index contributed by atoms with van der Waals surface area (Å²) < 4.78 is 4.94. The van der Waals surface area contributed by atoms with Crippen LogP contribution in [0.15, 0.2) is 18.2 Å². The van der Waals surface area contributed by atoms with Crippen LogP contribution in [0.3, 0.4) is 0 Å². The summed E-state index contributed by atoms with van der Waals surface area (Å²) in [6, 6.07) is 4.77. The molecule has 0 aromatic heterocycles. The van der Waals surface area contributed by atoms with Crippen molar-refractivity contribution in [2.75, 3.05) is 38.1 Å². The van der Waals surface area contributed by atoms with Crippen molar-refractivity contribution in [2.24, 2.45) is 0 Å². The number of piperazine rings is 1. The number of halogens is 2. The molecule has 0 radical (unpaired) electrons. The molecule has 0 aliphatic carbocycles. The molecule has 0 bridgehead atoms. The Morgan fingerprint density at radius 3 is 2.45 bits per heavy atom. The molecule has 3 amide bonds. The van der Waals surface area contributed by atoms with Gasteiger partial charge in [0.15, 0.2) is 0 Å². The third-order valence-corrected chi connectivity index (χ3v) is 4.10. The van der Waals surface area contributed by atoms with Crippen LogP contribution in [0, 0.1) is 0 Å². The molecule has 6 nitrogen and oxygen atoms in total. The minimum Gasteiger partial charge on any atom is -0.450 e. The molecule has 1 N–H and O–H groups in total. The molecule has 22 heavy (non-hydrogen) atoms. The first-order valence-electron chi connectivity index (χ1n) is 6.94. The third-order valence-electron chi connectivity index (χ3n) is 3.29. The number of benzene rings is 1.